The summed E-state index contributed by atoms with van der Waals surface area (Å²) in [6, 6.07) is 0. The molecule has 0 saturated heterocycles. The molecule has 0 fully saturated rings. The van der Waals surface area contributed by atoms with Crippen molar-refractivity contribution in [1.82, 2.24) is 0 Å². The lowest BCUT2D eigenvalue weighted by Gasteiger charge is -2.08. The molecule has 0 unspecified atom stereocenters. The van der Waals surface area contributed by atoms with Gasteiger partial charge >= 0.3 is 5.97 Å². The van der Waals surface area contributed by atoms with E-state index >= 15 is 0 Å². The van der Waals surface area contributed by atoms with Gasteiger partial charge in [-0.05, 0) is 0 Å². The Hall–Kier alpha value is -0.890. The van der Waals surface area contributed by atoms with Crippen LogP contribution in [-0.2, 0) is 52.2 Å². The van der Waals surface area contributed by atoms with Crippen molar-refractivity contribution in [1.29, 1.82) is 0 Å². The molecule has 11 nitrogen and oxygen atoms in total. The van der Waals surface area contributed by atoms with Gasteiger partial charge in [-0.1, -0.05) is 0 Å². The average Bonchev–Trinajstić information content (AvgIpc) is 2.78. The Balaban J connectivity index is 3.01. The molecule has 0 heterocycles. The van der Waals surface area contributed by atoms with E-state index in [2.05, 4.69) is 4.74 Å². The molecule has 31 heavy (non-hydrogen) atoms. The van der Waals surface area contributed by atoms with Crippen LogP contribution < -0.4 is 0 Å². The van der Waals surface area contributed by atoms with Gasteiger partial charge in [-0.15, -0.1) is 0 Å². The molecule has 0 bridgehead atoms. The predicted octanol–water partition coefficient (Wildman–Crippen LogP) is -0.0614. The van der Waals surface area contributed by atoms with Gasteiger partial charge in [0.1, 0.15) is 6.61 Å². The molecule has 0 aromatic rings. The molecule has 0 aromatic heterocycles. The van der Waals surface area contributed by atoms with Crippen LogP contribution in [0.25, 0.3) is 0 Å². The molecule has 0 saturated carbocycles. The Morgan fingerprint density at radius 1 is 0.419 bits per heavy atom. The number of carbonyl (C=O) groups excluding carboxylic acids is 1. The van der Waals surface area contributed by atoms with Crippen LogP contribution in [0.2, 0.25) is 0 Å². The lowest BCUT2D eigenvalue weighted by molar-refractivity contribution is -0.146. The van der Waals surface area contributed by atoms with Crippen LogP contribution in [0.1, 0.15) is 0 Å². The van der Waals surface area contributed by atoms with E-state index in [4.69, 9.17) is 42.6 Å². The van der Waals surface area contributed by atoms with E-state index in [0.717, 1.165) is 0 Å². The van der Waals surface area contributed by atoms with Gasteiger partial charge in [0.15, 0.2) is 0 Å². The van der Waals surface area contributed by atoms with Crippen LogP contribution in [0, 0.1) is 0 Å². The van der Waals surface area contributed by atoms with Crippen molar-refractivity contribution in [3.63, 3.8) is 0 Å². The highest BCUT2D eigenvalue weighted by atomic mass is 16.6. The first-order valence-electron chi connectivity index (χ1n) is 10.5. The fourth-order valence-corrected chi connectivity index (χ4v) is 1.90. The quantitative estimate of drug-likeness (QED) is 0.129. The summed E-state index contributed by atoms with van der Waals surface area (Å²) in [4.78, 5) is 10.8. The van der Waals surface area contributed by atoms with Crippen molar-refractivity contribution in [3.8, 4) is 0 Å². The summed E-state index contributed by atoms with van der Waals surface area (Å²) in [7, 11) is 2.96. The lowest BCUT2D eigenvalue weighted by Crippen LogP contribution is -2.16. The zero-order valence-electron chi connectivity index (χ0n) is 19.0. The Labute approximate surface area is 185 Å². The molecule has 0 aliphatic heterocycles. The van der Waals surface area contributed by atoms with Crippen molar-refractivity contribution in [2.45, 2.75) is 0 Å². The Bertz CT molecular complexity index is 358. The normalized spacial score (nSPS) is 11.2. The maximum Gasteiger partial charge on any atom is 0.331 e. The van der Waals surface area contributed by atoms with E-state index < -0.39 is 5.97 Å². The minimum atomic E-state index is -0.403. The largest absolute Gasteiger partial charge is 0.467 e. The average molecular weight is 457 g/mol. The number of esters is 1. The molecule has 0 spiro atoms. The molecule has 0 radical (unpaired) electrons. The fourth-order valence-electron chi connectivity index (χ4n) is 1.90. The first-order valence-corrected chi connectivity index (χ1v) is 10.5. The van der Waals surface area contributed by atoms with E-state index in [1.54, 1.807) is 7.11 Å². The Morgan fingerprint density at radius 2 is 0.677 bits per heavy atom. The second-order valence-electron chi connectivity index (χ2n) is 5.91. The van der Waals surface area contributed by atoms with Gasteiger partial charge in [0, 0.05) is 7.11 Å². The van der Waals surface area contributed by atoms with E-state index in [1.165, 1.54) is 7.11 Å². The van der Waals surface area contributed by atoms with Gasteiger partial charge in [-0.3, -0.25) is 0 Å². The molecule has 11 heteroatoms. The summed E-state index contributed by atoms with van der Waals surface area (Å²) in [5, 5.41) is 0. The zero-order chi connectivity index (χ0) is 22.7. The summed E-state index contributed by atoms with van der Waals surface area (Å²) >= 11 is 0. The van der Waals surface area contributed by atoms with Gasteiger partial charge in [0.05, 0.1) is 113 Å². The van der Waals surface area contributed by atoms with Crippen molar-refractivity contribution >= 4 is 5.97 Å². The summed E-state index contributed by atoms with van der Waals surface area (Å²) in [6.45, 7) is 7.96. The highest BCUT2D eigenvalue weighted by molar-refractivity contribution is 5.70. The van der Waals surface area contributed by atoms with Gasteiger partial charge in [0.25, 0.3) is 0 Å². The molecule has 0 rings (SSSR count). The van der Waals surface area contributed by atoms with Crippen LogP contribution in [0.4, 0.5) is 0 Å². The standard InChI is InChI=1S/C20H40O11/c1-22-3-4-24-5-6-25-7-8-26-9-10-27-11-12-28-13-14-29-15-16-30-17-18-31-19-20(21)23-2/h3-19H2,1-2H3. The molecule has 0 aliphatic rings. The van der Waals surface area contributed by atoms with Gasteiger partial charge in [0.2, 0.25) is 0 Å². The molecule has 0 aromatic carbocycles. The van der Waals surface area contributed by atoms with E-state index in [-0.39, 0.29) is 6.61 Å². The van der Waals surface area contributed by atoms with Crippen molar-refractivity contribution in [3.05, 3.63) is 0 Å². The van der Waals surface area contributed by atoms with Crippen LogP contribution in [-0.4, -0.2) is 133 Å². The van der Waals surface area contributed by atoms with Crippen LogP contribution in [0.5, 0.6) is 0 Å². The first-order chi connectivity index (χ1) is 15.3. The van der Waals surface area contributed by atoms with Gasteiger partial charge in [-0.2, -0.15) is 0 Å². The summed E-state index contributed by atoms with van der Waals surface area (Å²) < 4.78 is 51.9. The third-order valence-corrected chi connectivity index (χ3v) is 3.48. The number of hydrogen-bond donors (Lipinski definition) is 0. The third kappa shape index (κ3) is 27.1. The van der Waals surface area contributed by atoms with Crippen LogP contribution in [0.3, 0.4) is 0 Å². The second-order valence-corrected chi connectivity index (χ2v) is 5.91. The lowest BCUT2D eigenvalue weighted by atomic mass is 10.6. The molecule has 0 atom stereocenters. The minimum Gasteiger partial charge on any atom is -0.467 e. The maximum atomic E-state index is 10.8. The Kier molecular flexibility index (Phi) is 26.4. The molecule has 0 aliphatic carbocycles. The van der Waals surface area contributed by atoms with Gasteiger partial charge in [-0.25, -0.2) is 4.79 Å². The fraction of sp³-hybridized carbons (Fsp3) is 0.950. The number of carbonyl (C=O) groups is 1. The van der Waals surface area contributed by atoms with E-state index in [1.807, 2.05) is 0 Å². The second kappa shape index (κ2) is 27.1. The Morgan fingerprint density at radius 3 is 0.935 bits per heavy atom. The van der Waals surface area contributed by atoms with Crippen molar-refractivity contribution < 1.29 is 52.2 Å². The first kappa shape index (κ1) is 30.1. The number of hydrogen-bond acceptors (Lipinski definition) is 11. The van der Waals surface area contributed by atoms with Crippen molar-refractivity contribution in [2.24, 2.45) is 0 Å². The molecule has 0 N–H and O–H groups in total. The highest BCUT2D eigenvalue weighted by Gasteiger charge is 1.99. The highest BCUT2D eigenvalue weighted by Crippen LogP contribution is 1.86. The monoisotopic (exact) mass is 456 g/mol. The number of rotatable bonds is 26. The van der Waals surface area contributed by atoms with Crippen LogP contribution in [0.15, 0.2) is 0 Å². The summed E-state index contributed by atoms with van der Waals surface area (Å²) in [5.74, 6) is -0.403. The number of methoxy groups -OCH3 is 2. The third-order valence-electron chi connectivity index (χ3n) is 3.48. The molecular formula is C20H40O11. The molecule has 0 amide bonds. The van der Waals surface area contributed by atoms with Gasteiger partial charge < -0.3 is 47.4 Å². The smallest absolute Gasteiger partial charge is 0.331 e. The van der Waals surface area contributed by atoms with Crippen LogP contribution >= 0.6 is 0 Å². The summed E-state index contributed by atoms with van der Waals surface area (Å²) in [6.07, 6.45) is 0. The van der Waals surface area contributed by atoms with E-state index in [9.17, 15) is 4.79 Å². The SMILES string of the molecule is COCCOCCOCCOCCOCCOCCOCCOCCOCC(=O)OC. The minimum absolute atomic E-state index is 0.0636. The van der Waals surface area contributed by atoms with Crippen molar-refractivity contribution in [2.75, 3.05) is 127 Å². The number of ether oxygens (including phenoxy) is 10. The topological polar surface area (TPSA) is 109 Å². The molecule has 186 valence electrons. The predicted molar refractivity (Wildman–Crippen MR) is 110 cm³/mol. The van der Waals surface area contributed by atoms with E-state index in [0.29, 0.717) is 106 Å². The maximum absolute atomic E-state index is 10.8. The zero-order valence-corrected chi connectivity index (χ0v) is 19.0. The molecular weight excluding hydrogens is 416 g/mol. The summed E-state index contributed by atoms with van der Waals surface area (Å²) in [5.41, 5.74) is 0.